The molecule has 0 bridgehead atoms. The molecule has 0 aliphatic heterocycles. The van der Waals surface area contributed by atoms with E-state index in [0.717, 1.165) is 31.0 Å². The van der Waals surface area contributed by atoms with Gasteiger partial charge in [-0.15, -0.1) is 0 Å². The van der Waals surface area contributed by atoms with E-state index in [1.165, 1.54) is 19.3 Å². The molecule has 0 amide bonds. The van der Waals surface area contributed by atoms with Crippen molar-refractivity contribution in [3.05, 3.63) is 24.0 Å². The van der Waals surface area contributed by atoms with Gasteiger partial charge < -0.3 is 10.1 Å². The second-order valence-electron chi connectivity index (χ2n) is 4.00. The molecule has 16 heavy (non-hydrogen) atoms. The third-order valence-electron chi connectivity index (χ3n) is 2.47. The lowest BCUT2D eigenvalue weighted by Gasteiger charge is -2.05. The fourth-order valence-electron chi connectivity index (χ4n) is 1.49. The lowest BCUT2D eigenvalue weighted by Crippen LogP contribution is -2.07. The quantitative estimate of drug-likeness (QED) is 0.686. The molecule has 0 saturated heterocycles. The maximum absolute atomic E-state index is 5.59. The number of nitrogens with one attached hydrogen (secondary N) is 1. The predicted molar refractivity (Wildman–Crippen MR) is 66.9 cm³/mol. The van der Waals surface area contributed by atoms with E-state index in [-0.39, 0.29) is 0 Å². The fourth-order valence-corrected chi connectivity index (χ4v) is 1.49. The summed E-state index contributed by atoms with van der Waals surface area (Å²) >= 11 is 0. The molecule has 1 aromatic heterocycles. The van der Waals surface area contributed by atoms with Crippen molar-refractivity contribution in [1.29, 1.82) is 0 Å². The molecule has 0 spiro atoms. The van der Waals surface area contributed by atoms with Crippen molar-refractivity contribution >= 4 is 0 Å². The van der Waals surface area contributed by atoms with Crippen molar-refractivity contribution in [2.75, 3.05) is 20.2 Å². The van der Waals surface area contributed by atoms with E-state index in [1.54, 1.807) is 6.20 Å². The highest BCUT2D eigenvalue weighted by molar-refractivity contribution is 5.18. The number of nitrogens with zero attached hydrogens (tertiary/aromatic N) is 1. The summed E-state index contributed by atoms with van der Waals surface area (Å²) in [6.45, 7) is 3.89. The third kappa shape index (κ3) is 5.71. The van der Waals surface area contributed by atoms with Crippen molar-refractivity contribution in [3.63, 3.8) is 0 Å². The highest BCUT2D eigenvalue weighted by atomic mass is 16.5. The lowest BCUT2D eigenvalue weighted by atomic mass is 10.2. The Hall–Kier alpha value is -1.09. The van der Waals surface area contributed by atoms with Crippen molar-refractivity contribution < 1.29 is 4.74 Å². The molecule has 3 nitrogen and oxygen atoms in total. The van der Waals surface area contributed by atoms with Gasteiger partial charge >= 0.3 is 0 Å². The van der Waals surface area contributed by atoms with E-state index >= 15 is 0 Å². The Bertz CT molecular complexity index is 272. The van der Waals surface area contributed by atoms with E-state index in [1.807, 2.05) is 26.1 Å². The molecule has 1 rings (SSSR count). The maximum Gasteiger partial charge on any atom is 0.137 e. The zero-order valence-electron chi connectivity index (χ0n) is 10.3. The van der Waals surface area contributed by atoms with Gasteiger partial charge in [-0.2, -0.15) is 0 Å². The largest absolute Gasteiger partial charge is 0.492 e. The molecule has 1 aromatic rings. The van der Waals surface area contributed by atoms with E-state index < -0.39 is 0 Å². The monoisotopic (exact) mass is 222 g/mol. The molecular weight excluding hydrogens is 200 g/mol. The molecule has 0 aliphatic carbocycles. The van der Waals surface area contributed by atoms with Crippen molar-refractivity contribution in [2.24, 2.45) is 0 Å². The minimum absolute atomic E-state index is 0.796. The smallest absolute Gasteiger partial charge is 0.137 e. The van der Waals surface area contributed by atoms with Crippen LogP contribution in [0.1, 0.15) is 31.4 Å². The van der Waals surface area contributed by atoms with E-state index in [2.05, 4.69) is 10.3 Å². The molecule has 1 heterocycles. The van der Waals surface area contributed by atoms with Gasteiger partial charge in [-0.3, -0.25) is 4.98 Å². The highest BCUT2D eigenvalue weighted by Gasteiger charge is 1.94. The Morgan fingerprint density at radius 3 is 2.69 bits per heavy atom. The number of aromatic nitrogens is 1. The van der Waals surface area contributed by atoms with Gasteiger partial charge in [0.2, 0.25) is 0 Å². The van der Waals surface area contributed by atoms with Crippen LogP contribution in [0.15, 0.2) is 18.3 Å². The fraction of sp³-hybridized carbons (Fsp3) is 0.615. The topological polar surface area (TPSA) is 34.1 Å². The van der Waals surface area contributed by atoms with Gasteiger partial charge in [0.25, 0.3) is 0 Å². The number of ether oxygens (including phenoxy) is 1. The molecule has 0 aromatic carbocycles. The minimum Gasteiger partial charge on any atom is -0.492 e. The highest BCUT2D eigenvalue weighted by Crippen LogP contribution is 2.09. The summed E-state index contributed by atoms with van der Waals surface area (Å²) in [4.78, 5) is 4.19. The summed E-state index contributed by atoms with van der Waals surface area (Å²) < 4.78 is 5.59. The first kappa shape index (κ1) is 13.0. The van der Waals surface area contributed by atoms with Crippen LogP contribution >= 0.6 is 0 Å². The molecule has 0 aliphatic rings. The molecule has 1 N–H and O–H groups in total. The van der Waals surface area contributed by atoms with Crippen LogP contribution in [0, 0.1) is 6.92 Å². The molecule has 90 valence electrons. The van der Waals surface area contributed by atoms with Gasteiger partial charge in [0.1, 0.15) is 5.75 Å². The van der Waals surface area contributed by atoms with E-state index in [9.17, 15) is 0 Å². The van der Waals surface area contributed by atoms with Crippen LogP contribution in [0.2, 0.25) is 0 Å². The Labute approximate surface area is 98.2 Å². The summed E-state index contributed by atoms with van der Waals surface area (Å²) in [5.74, 6) is 0.876. The van der Waals surface area contributed by atoms with Gasteiger partial charge in [0, 0.05) is 5.69 Å². The third-order valence-corrected chi connectivity index (χ3v) is 2.47. The minimum atomic E-state index is 0.796. The number of unbranched alkanes of at least 4 members (excludes halogenated alkanes) is 3. The summed E-state index contributed by atoms with van der Waals surface area (Å²) in [5, 5.41) is 3.15. The van der Waals surface area contributed by atoms with Crippen LogP contribution in [0.4, 0.5) is 0 Å². The molecule has 0 radical (unpaired) electrons. The van der Waals surface area contributed by atoms with Crippen molar-refractivity contribution in [2.45, 2.75) is 32.6 Å². The summed E-state index contributed by atoms with van der Waals surface area (Å²) in [5.41, 5.74) is 1.03. The average Bonchev–Trinajstić information content (AvgIpc) is 2.30. The number of rotatable bonds is 8. The Kier molecular flexibility index (Phi) is 6.58. The van der Waals surface area contributed by atoms with E-state index in [4.69, 9.17) is 4.74 Å². The lowest BCUT2D eigenvalue weighted by molar-refractivity contribution is 0.303. The number of hydrogen-bond donors (Lipinski definition) is 1. The number of hydrogen-bond acceptors (Lipinski definition) is 3. The Morgan fingerprint density at radius 1 is 1.19 bits per heavy atom. The van der Waals surface area contributed by atoms with Crippen LogP contribution in [-0.2, 0) is 0 Å². The van der Waals surface area contributed by atoms with Gasteiger partial charge in [0.15, 0.2) is 0 Å². The SMILES string of the molecule is CNCCCCCCOc1ccc(C)nc1. The zero-order valence-corrected chi connectivity index (χ0v) is 10.3. The standard InChI is InChI=1S/C13H22N2O/c1-12-7-8-13(11-15-12)16-10-6-4-3-5-9-14-2/h7-8,11,14H,3-6,9-10H2,1-2H3. The van der Waals surface area contributed by atoms with Gasteiger partial charge in [-0.05, 0) is 45.5 Å². The number of pyridine rings is 1. The molecule has 0 saturated carbocycles. The second kappa shape index (κ2) is 8.11. The van der Waals surface area contributed by atoms with Gasteiger partial charge in [0.05, 0.1) is 12.8 Å². The van der Waals surface area contributed by atoms with Gasteiger partial charge in [-0.25, -0.2) is 0 Å². The van der Waals surface area contributed by atoms with Crippen LogP contribution in [-0.4, -0.2) is 25.2 Å². The molecule has 0 atom stereocenters. The first-order valence-electron chi connectivity index (χ1n) is 6.03. The van der Waals surface area contributed by atoms with Crippen LogP contribution < -0.4 is 10.1 Å². The van der Waals surface area contributed by atoms with Crippen LogP contribution in [0.25, 0.3) is 0 Å². The predicted octanol–water partition coefficient (Wildman–Crippen LogP) is 2.55. The van der Waals surface area contributed by atoms with Crippen LogP contribution in [0.5, 0.6) is 5.75 Å². The zero-order chi connectivity index (χ0) is 11.6. The molecule has 3 heteroatoms. The summed E-state index contributed by atoms with van der Waals surface area (Å²) in [7, 11) is 1.99. The maximum atomic E-state index is 5.59. The first-order valence-corrected chi connectivity index (χ1v) is 6.03. The summed E-state index contributed by atoms with van der Waals surface area (Å²) in [6.07, 6.45) is 6.67. The molecular formula is C13H22N2O. The average molecular weight is 222 g/mol. The van der Waals surface area contributed by atoms with E-state index in [0.29, 0.717) is 0 Å². The second-order valence-corrected chi connectivity index (χ2v) is 4.00. The summed E-state index contributed by atoms with van der Waals surface area (Å²) in [6, 6.07) is 3.95. The Balaban J connectivity index is 2.01. The molecule has 0 fully saturated rings. The molecule has 0 unspecified atom stereocenters. The Morgan fingerprint density at radius 2 is 2.00 bits per heavy atom. The van der Waals surface area contributed by atoms with Crippen molar-refractivity contribution in [1.82, 2.24) is 10.3 Å². The first-order chi connectivity index (χ1) is 7.83. The van der Waals surface area contributed by atoms with Crippen LogP contribution in [0.3, 0.4) is 0 Å². The normalized spacial score (nSPS) is 10.4. The number of aryl methyl sites for hydroxylation is 1. The van der Waals surface area contributed by atoms with Gasteiger partial charge in [-0.1, -0.05) is 12.8 Å². The van der Waals surface area contributed by atoms with Crippen molar-refractivity contribution in [3.8, 4) is 5.75 Å².